The molecule has 100 valence electrons. The number of rotatable bonds is 4. The minimum atomic E-state index is 0.226. The van der Waals surface area contributed by atoms with E-state index in [9.17, 15) is 4.79 Å². The number of anilines is 1. The minimum Gasteiger partial charge on any atom is -0.384 e. The number of hydrogen-bond donors (Lipinski definition) is 1. The molecule has 1 aliphatic rings. The summed E-state index contributed by atoms with van der Waals surface area (Å²) in [5.74, 6) is 0.226. The fourth-order valence-corrected chi connectivity index (χ4v) is 2.31. The SMILES string of the molecule is N#Cc1cccc(NCCC(=O)N2CCCCC2)c1. The van der Waals surface area contributed by atoms with Gasteiger partial charge in [-0.2, -0.15) is 5.26 Å². The quantitative estimate of drug-likeness (QED) is 0.901. The molecule has 0 bridgehead atoms. The van der Waals surface area contributed by atoms with Crippen molar-refractivity contribution < 1.29 is 4.79 Å². The number of carbonyl (C=O) groups is 1. The van der Waals surface area contributed by atoms with E-state index in [1.165, 1.54) is 6.42 Å². The first-order valence-electron chi connectivity index (χ1n) is 6.81. The number of nitriles is 1. The van der Waals surface area contributed by atoms with Gasteiger partial charge in [-0.1, -0.05) is 6.07 Å². The highest BCUT2D eigenvalue weighted by Gasteiger charge is 2.15. The smallest absolute Gasteiger partial charge is 0.224 e. The summed E-state index contributed by atoms with van der Waals surface area (Å²) >= 11 is 0. The Morgan fingerprint density at radius 3 is 2.84 bits per heavy atom. The van der Waals surface area contributed by atoms with Gasteiger partial charge in [-0.15, -0.1) is 0 Å². The van der Waals surface area contributed by atoms with Crippen LogP contribution in [0.15, 0.2) is 24.3 Å². The van der Waals surface area contributed by atoms with Crippen LogP contribution in [0.3, 0.4) is 0 Å². The lowest BCUT2D eigenvalue weighted by molar-refractivity contribution is -0.131. The van der Waals surface area contributed by atoms with Crippen molar-refractivity contribution in [3.8, 4) is 6.07 Å². The molecule has 1 N–H and O–H groups in total. The van der Waals surface area contributed by atoms with Gasteiger partial charge in [0.15, 0.2) is 0 Å². The number of benzene rings is 1. The number of likely N-dealkylation sites (tertiary alicyclic amines) is 1. The van der Waals surface area contributed by atoms with Crippen LogP contribution in [0.25, 0.3) is 0 Å². The predicted molar refractivity (Wildman–Crippen MR) is 74.7 cm³/mol. The third-order valence-electron chi connectivity index (χ3n) is 3.37. The molecule has 19 heavy (non-hydrogen) atoms. The van der Waals surface area contributed by atoms with Crippen molar-refractivity contribution in [1.29, 1.82) is 5.26 Å². The highest BCUT2D eigenvalue weighted by Crippen LogP contribution is 2.11. The molecular weight excluding hydrogens is 238 g/mol. The van der Waals surface area contributed by atoms with Crippen LogP contribution in [0, 0.1) is 11.3 Å². The summed E-state index contributed by atoms with van der Waals surface area (Å²) in [5.41, 5.74) is 1.53. The molecule has 1 heterocycles. The van der Waals surface area contributed by atoms with Crippen LogP contribution in [0.4, 0.5) is 5.69 Å². The lowest BCUT2D eigenvalue weighted by atomic mass is 10.1. The molecule has 0 aromatic heterocycles. The van der Waals surface area contributed by atoms with E-state index in [0.717, 1.165) is 31.6 Å². The maximum atomic E-state index is 11.9. The number of hydrogen-bond acceptors (Lipinski definition) is 3. The molecule has 4 heteroatoms. The number of carbonyl (C=O) groups excluding carboxylic acids is 1. The molecule has 0 spiro atoms. The molecule has 1 aromatic carbocycles. The normalized spacial score (nSPS) is 14.8. The Balaban J connectivity index is 1.76. The average molecular weight is 257 g/mol. The highest BCUT2D eigenvalue weighted by molar-refractivity contribution is 5.76. The second-order valence-electron chi connectivity index (χ2n) is 4.81. The summed E-state index contributed by atoms with van der Waals surface area (Å²) in [6.07, 6.45) is 4.01. The molecule has 0 aliphatic carbocycles. The summed E-state index contributed by atoms with van der Waals surface area (Å²) in [6, 6.07) is 9.42. The summed E-state index contributed by atoms with van der Waals surface area (Å²) in [5, 5.41) is 12.0. The van der Waals surface area contributed by atoms with Crippen LogP contribution in [-0.4, -0.2) is 30.4 Å². The Kier molecular flexibility index (Phi) is 4.79. The van der Waals surface area contributed by atoms with E-state index in [2.05, 4.69) is 11.4 Å². The van der Waals surface area contributed by atoms with Crippen LogP contribution in [0.5, 0.6) is 0 Å². The molecule has 1 saturated heterocycles. The molecule has 0 saturated carbocycles. The molecule has 1 amide bonds. The van der Waals surface area contributed by atoms with E-state index >= 15 is 0 Å². The topological polar surface area (TPSA) is 56.1 Å². The fraction of sp³-hybridized carbons (Fsp3) is 0.467. The second kappa shape index (κ2) is 6.79. The summed E-state index contributed by atoms with van der Waals surface area (Å²) in [7, 11) is 0. The molecule has 2 rings (SSSR count). The van der Waals surface area contributed by atoms with Gasteiger partial charge in [-0.3, -0.25) is 4.79 Å². The Morgan fingerprint density at radius 1 is 1.32 bits per heavy atom. The van der Waals surface area contributed by atoms with E-state index in [-0.39, 0.29) is 5.91 Å². The molecule has 4 nitrogen and oxygen atoms in total. The number of amides is 1. The predicted octanol–water partition coefficient (Wildman–Crippen LogP) is 2.37. The molecule has 0 radical (unpaired) electrons. The van der Waals surface area contributed by atoms with E-state index in [4.69, 9.17) is 5.26 Å². The maximum absolute atomic E-state index is 11.9. The van der Waals surface area contributed by atoms with Gasteiger partial charge in [0.05, 0.1) is 11.6 Å². The lowest BCUT2D eigenvalue weighted by Gasteiger charge is -2.26. The van der Waals surface area contributed by atoms with Gasteiger partial charge in [0.25, 0.3) is 0 Å². The Bertz CT molecular complexity index is 473. The Hall–Kier alpha value is -2.02. The minimum absolute atomic E-state index is 0.226. The van der Waals surface area contributed by atoms with Crippen LogP contribution < -0.4 is 5.32 Å². The largest absolute Gasteiger partial charge is 0.384 e. The van der Waals surface area contributed by atoms with Crippen LogP contribution in [-0.2, 0) is 4.79 Å². The van der Waals surface area contributed by atoms with Crippen LogP contribution in [0.2, 0.25) is 0 Å². The van der Waals surface area contributed by atoms with Crippen molar-refractivity contribution in [2.24, 2.45) is 0 Å². The van der Waals surface area contributed by atoms with Crippen LogP contribution in [0.1, 0.15) is 31.2 Å². The zero-order chi connectivity index (χ0) is 13.5. The highest BCUT2D eigenvalue weighted by atomic mass is 16.2. The average Bonchev–Trinajstić information content (AvgIpc) is 2.48. The van der Waals surface area contributed by atoms with E-state index in [1.807, 2.05) is 17.0 Å². The molecule has 0 atom stereocenters. The van der Waals surface area contributed by atoms with Crippen molar-refractivity contribution in [2.75, 3.05) is 25.0 Å². The maximum Gasteiger partial charge on any atom is 0.224 e. The molecule has 0 unspecified atom stereocenters. The second-order valence-corrected chi connectivity index (χ2v) is 4.81. The van der Waals surface area contributed by atoms with Crippen molar-refractivity contribution in [1.82, 2.24) is 4.90 Å². The van der Waals surface area contributed by atoms with Gasteiger partial charge in [0.1, 0.15) is 0 Å². The number of nitrogens with zero attached hydrogens (tertiary/aromatic N) is 2. The summed E-state index contributed by atoms with van der Waals surface area (Å²) in [6.45, 7) is 2.43. The molecule has 1 fully saturated rings. The monoisotopic (exact) mass is 257 g/mol. The molecule has 1 aliphatic heterocycles. The van der Waals surface area contributed by atoms with Gasteiger partial charge in [-0.05, 0) is 37.5 Å². The van der Waals surface area contributed by atoms with Gasteiger partial charge >= 0.3 is 0 Å². The Morgan fingerprint density at radius 2 is 2.11 bits per heavy atom. The van der Waals surface area contributed by atoms with Gasteiger partial charge < -0.3 is 10.2 Å². The summed E-state index contributed by atoms with van der Waals surface area (Å²) in [4.78, 5) is 13.9. The van der Waals surface area contributed by atoms with E-state index in [0.29, 0.717) is 18.5 Å². The zero-order valence-corrected chi connectivity index (χ0v) is 11.1. The first kappa shape index (κ1) is 13.4. The first-order chi connectivity index (χ1) is 9.29. The lowest BCUT2D eigenvalue weighted by Crippen LogP contribution is -2.36. The zero-order valence-electron chi connectivity index (χ0n) is 11.1. The summed E-state index contributed by atoms with van der Waals surface area (Å²) < 4.78 is 0. The van der Waals surface area contributed by atoms with E-state index < -0.39 is 0 Å². The Labute approximate surface area is 114 Å². The van der Waals surface area contributed by atoms with Crippen molar-refractivity contribution in [2.45, 2.75) is 25.7 Å². The molecular formula is C15H19N3O. The van der Waals surface area contributed by atoms with Crippen molar-refractivity contribution >= 4 is 11.6 Å². The van der Waals surface area contributed by atoms with Crippen LogP contribution >= 0.6 is 0 Å². The standard InChI is InChI=1S/C15H19N3O/c16-12-13-5-4-6-14(11-13)17-8-7-15(19)18-9-2-1-3-10-18/h4-6,11,17H,1-3,7-10H2. The van der Waals surface area contributed by atoms with Gasteiger partial charge in [0, 0.05) is 31.7 Å². The van der Waals surface area contributed by atoms with Gasteiger partial charge in [0.2, 0.25) is 5.91 Å². The number of nitrogens with one attached hydrogen (secondary N) is 1. The number of piperidine rings is 1. The molecule has 1 aromatic rings. The third-order valence-corrected chi connectivity index (χ3v) is 3.37. The fourth-order valence-electron chi connectivity index (χ4n) is 2.31. The first-order valence-corrected chi connectivity index (χ1v) is 6.81. The van der Waals surface area contributed by atoms with Crippen molar-refractivity contribution in [3.63, 3.8) is 0 Å². The third kappa shape index (κ3) is 3.99. The van der Waals surface area contributed by atoms with Gasteiger partial charge in [-0.25, -0.2) is 0 Å². The van der Waals surface area contributed by atoms with E-state index in [1.54, 1.807) is 12.1 Å². The van der Waals surface area contributed by atoms with Crippen molar-refractivity contribution in [3.05, 3.63) is 29.8 Å².